The summed E-state index contributed by atoms with van der Waals surface area (Å²) in [7, 11) is 0. The molecule has 6 rings (SSSR count). The summed E-state index contributed by atoms with van der Waals surface area (Å²) in [6.07, 6.45) is 3.88. The molecule has 0 bridgehead atoms. The third-order valence-corrected chi connectivity index (χ3v) is 8.52. The molecule has 0 saturated carbocycles. The normalized spacial score (nSPS) is 26.2. The van der Waals surface area contributed by atoms with Crippen LogP contribution in [0.2, 0.25) is 5.02 Å². The number of amides is 2. The summed E-state index contributed by atoms with van der Waals surface area (Å²) in [5, 5.41) is 10.8. The molecule has 3 aliphatic carbocycles. The highest BCUT2D eigenvalue weighted by Crippen LogP contribution is 2.55. The second kappa shape index (κ2) is 9.35. The van der Waals surface area contributed by atoms with Gasteiger partial charge >= 0.3 is 0 Å². The van der Waals surface area contributed by atoms with Crippen molar-refractivity contribution in [3.8, 4) is 11.5 Å². The van der Waals surface area contributed by atoms with E-state index in [0.29, 0.717) is 46.0 Å². The van der Waals surface area contributed by atoms with Crippen LogP contribution in [0.25, 0.3) is 0 Å². The first-order valence-corrected chi connectivity index (χ1v) is 13.4. The molecular formula is C31H26ClNO6. The number of aromatic hydroxyl groups is 1. The number of rotatable bonds is 4. The Hall–Kier alpha value is -3.97. The fourth-order valence-corrected chi connectivity index (χ4v) is 6.69. The molecule has 0 aromatic heterocycles. The molecule has 0 radical (unpaired) electrons. The lowest BCUT2D eigenvalue weighted by Gasteiger charge is -2.42. The second-order valence-electron chi connectivity index (χ2n) is 10.4. The van der Waals surface area contributed by atoms with E-state index < -0.39 is 23.7 Å². The molecule has 1 aliphatic heterocycles. The molecule has 4 atom stereocenters. The van der Waals surface area contributed by atoms with E-state index in [1.54, 1.807) is 50.2 Å². The number of allylic oxidation sites excluding steroid dienone is 6. The third-order valence-electron chi connectivity index (χ3n) is 8.27. The number of carbonyl (C=O) groups excluding carboxylic acids is 4. The van der Waals surface area contributed by atoms with Crippen molar-refractivity contribution in [3.05, 3.63) is 87.5 Å². The number of hydrogen-bond acceptors (Lipinski definition) is 6. The van der Waals surface area contributed by atoms with Crippen LogP contribution in [0.3, 0.4) is 0 Å². The summed E-state index contributed by atoms with van der Waals surface area (Å²) >= 11 is 6.03. The molecule has 7 nitrogen and oxygen atoms in total. The van der Waals surface area contributed by atoms with Crippen LogP contribution >= 0.6 is 11.6 Å². The lowest BCUT2D eigenvalue weighted by Crippen LogP contribution is -2.39. The SMILES string of the molecule is CCOc1cc([C@H]2C3=CC[C@@H]4C(=O)N(c5ccc(Cl)cc5)C(=O)[C@@H]4[C@@H]3CC3=C2C(=O)C(C)=CC3=O)ccc1O. The number of Topliss-reactive ketones (excluding diaryl/α,β-unsaturated/α-hetero) is 1. The highest BCUT2D eigenvalue weighted by Gasteiger charge is 2.56. The number of benzene rings is 2. The van der Waals surface area contributed by atoms with Crippen molar-refractivity contribution in [2.24, 2.45) is 17.8 Å². The van der Waals surface area contributed by atoms with Crippen LogP contribution in [0.15, 0.2) is 76.9 Å². The minimum atomic E-state index is -0.664. The van der Waals surface area contributed by atoms with Gasteiger partial charge in [-0.15, -0.1) is 0 Å². The Morgan fingerprint density at radius 2 is 1.77 bits per heavy atom. The largest absolute Gasteiger partial charge is 0.504 e. The molecule has 1 heterocycles. The molecule has 198 valence electrons. The predicted molar refractivity (Wildman–Crippen MR) is 145 cm³/mol. The number of imide groups is 1. The lowest BCUT2D eigenvalue weighted by molar-refractivity contribution is -0.123. The van der Waals surface area contributed by atoms with E-state index in [9.17, 15) is 24.3 Å². The van der Waals surface area contributed by atoms with Gasteiger partial charge in [0.1, 0.15) is 0 Å². The Labute approximate surface area is 230 Å². The Bertz CT molecular complexity index is 1550. The van der Waals surface area contributed by atoms with Crippen molar-refractivity contribution in [2.45, 2.75) is 32.6 Å². The van der Waals surface area contributed by atoms with E-state index in [1.807, 2.05) is 6.08 Å². The predicted octanol–water partition coefficient (Wildman–Crippen LogP) is 5.08. The van der Waals surface area contributed by atoms with Crippen LogP contribution in [-0.2, 0) is 19.2 Å². The van der Waals surface area contributed by atoms with E-state index in [-0.39, 0.29) is 41.3 Å². The van der Waals surface area contributed by atoms with E-state index in [0.717, 1.165) is 5.57 Å². The molecule has 1 saturated heterocycles. The van der Waals surface area contributed by atoms with E-state index in [1.165, 1.54) is 17.0 Å². The second-order valence-corrected chi connectivity index (χ2v) is 10.8. The fraction of sp³-hybridized carbons (Fsp3) is 0.290. The van der Waals surface area contributed by atoms with Gasteiger partial charge in [0.05, 0.1) is 24.1 Å². The average molecular weight is 544 g/mol. The first kappa shape index (κ1) is 25.3. The number of phenolic OH excluding ortho intramolecular Hbond substituents is 1. The first-order valence-electron chi connectivity index (χ1n) is 13.0. The summed E-state index contributed by atoms with van der Waals surface area (Å²) in [5.41, 5.74) is 3.13. The van der Waals surface area contributed by atoms with Gasteiger partial charge < -0.3 is 9.84 Å². The van der Waals surface area contributed by atoms with Crippen molar-refractivity contribution in [3.63, 3.8) is 0 Å². The topological polar surface area (TPSA) is 101 Å². The zero-order valence-electron chi connectivity index (χ0n) is 21.4. The molecule has 2 aromatic rings. The number of halogens is 1. The van der Waals surface area contributed by atoms with E-state index in [2.05, 4.69) is 0 Å². The van der Waals surface area contributed by atoms with E-state index in [4.69, 9.17) is 16.3 Å². The van der Waals surface area contributed by atoms with Gasteiger partial charge in [-0.3, -0.25) is 24.1 Å². The molecular weight excluding hydrogens is 518 g/mol. The summed E-state index contributed by atoms with van der Waals surface area (Å²) in [6, 6.07) is 11.5. The number of phenols is 1. The van der Waals surface area contributed by atoms with Crippen LogP contribution in [-0.4, -0.2) is 35.1 Å². The number of carbonyl (C=O) groups is 4. The van der Waals surface area contributed by atoms with Gasteiger partial charge in [0.25, 0.3) is 0 Å². The van der Waals surface area contributed by atoms with Gasteiger partial charge in [0.2, 0.25) is 11.8 Å². The molecule has 1 N–H and O–H groups in total. The van der Waals surface area contributed by atoms with Crippen LogP contribution in [0.5, 0.6) is 11.5 Å². The quantitative estimate of drug-likeness (QED) is 0.328. The number of nitrogens with zero attached hydrogens (tertiary/aromatic N) is 1. The Kier molecular flexibility index (Phi) is 6.07. The van der Waals surface area contributed by atoms with E-state index >= 15 is 0 Å². The fourth-order valence-electron chi connectivity index (χ4n) is 6.57. The monoisotopic (exact) mass is 543 g/mol. The van der Waals surface area contributed by atoms with Crippen molar-refractivity contribution >= 4 is 40.7 Å². The maximum absolute atomic E-state index is 13.9. The van der Waals surface area contributed by atoms with Crippen LogP contribution < -0.4 is 9.64 Å². The smallest absolute Gasteiger partial charge is 0.238 e. The van der Waals surface area contributed by atoms with Crippen LogP contribution in [0.1, 0.15) is 38.2 Å². The first-order chi connectivity index (χ1) is 18.7. The van der Waals surface area contributed by atoms with Crippen molar-refractivity contribution in [1.29, 1.82) is 0 Å². The molecule has 39 heavy (non-hydrogen) atoms. The minimum absolute atomic E-state index is 0.0304. The highest BCUT2D eigenvalue weighted by atomic mass is 35.5. The van der Waals surface area contributed by atoms with Gasteiger partial charge in [-0.2, -0.15) is 0 Å². The number of ether oxygens (including phenoxy) is 1. The summed E-state index contributed by atoms with van der Waals surface area (Å²) in [4.78, 5) is 55.4. The molecule has 0 unspecified atom stereocenters. The Balaban J connectivity index is 1.48. The maximum Gasteiger partial charge on any atom is 0.238 e. The Morgan fingerprint density at radius 1 is 1.03 bits per heavy atom. The molecule has 1 fully saturated rings. The zero-order valence-corrected chi connectivity index (χ0v) is 22.2. The molecule has 8 heteroatoms. The molecule has 4 aliphatic rings. The zero-order chi connectivity index (χ0) is 27.6. The van der Waals surface area contributed by atoms with Gasteiger partial charge in [-0.05, 0) is 80.6 Å². The maximum atomic E-state index is 13.9. The summed E-state index contributed by atoms with van der Waals surface area (Å²) < 4.78 is 5.62. The van der Waals surface area contributed by atoms with Crippen molar-refractivity contribution in [2.75, 3.05) is 11.5 Å². The molecule has 2 aromatic carbocycles. The van der Waals surface area contributed by atoms with Gasteiger partial charge in [-0.25, -0.2) is 0 Å². The van der Waals surface area contributed by atoms with Gasteiger partial charge in [0, 0.05) is 27.7 Å². The van der Waals surface area contributed by atoms with Crippen molar-refractivity contribution < 1.29 is 29.0 Å². The van der Waals surface area contributed by atoms with Crippen LogP contribution in [0, 0.1) is 17.8 Å². The van der Waals surface area contributed by atoms with Gasteiger partial charge in [0.15, 0.2) is 23.1 Å². The summed E-state index contributed by atoms with van der Waals surface area (Å²) in [5.74, 6) is -3.06. The third kappa shape index (κ3) is 3.87. The van der Waals surface area contributed by atoms with Gasteiger partial charge in [-0.1, -0.05) is 29.3 Å². The number of ketones is 2. The number of anilines is 1. The van der Waals surface area contributed by atoms with Crippen LogP contribution in [0.4, 0.5) is 5.69 Å². The highest BCUT2D eigenvalue weighted by molar-refractivity contribution is 6.31. The van der Waals surface area contributed by atoms with Crippen molar-refractivity contribution in [1.82, 2.24) is 0 Å². The molecule has 0 spiro atoms. The molecule has 2 amide bonds. The Morgan fingerprint density at radius 3 is 2.49 bits per heavy atom. The lowest BCUT2D eigenvalue weighted by atomic mass is 9.59. The standard InChI is InChI=1S/C31H26ClNO6/c1-3-39-25-13-16(4-11-23(25)34)26-19-9-10-20-27(21(19)14-22-24(35)12-15(2)29(36)28(22)26)31(38)33(30(20)37)18-7-5-17(32)6-8-18/h4-9,11-13,20-21,26-27,34H,3,10,14H2,1-2H3/t20-,21+,26-,27-/m0/s1. The number of hydrogen-bond donors (Lipinski definition) is 1. The minimum Gasteiger partial charge on any atom is -0.504 e. The average Bonchev–Trinajstić information content (AvgIpc) is 3.18. The number of fused-ring (bicyclic) bond motifs is 3. The summed E-state index contributed by atoms with van der Waals surface area (Å²) in [6.45, 7) is 3.77.